The molecule has 6 aliphatic rings. The van der Waals surface area contributed by atoms with E-state index in [0.717, 1.165) is 50.0 Å². The van der Waals surface area contributed by atoms with Crippen molar-refractivity contribution in [2.75, 3.05) is 6.61 Å². The lowest BCUT2D eigenvalue weighted by Gasteiger charge is -2.61. The van der Waals surface area contributed by atoms with E-state index in [1.165, 1.54) is 44.1 Å². The zero-order chi connectivity index (χ0) is 20.9. The summed E-state index contributed by atoms with van der Waals surface area (Å²) in [6, 6.07) is 0. The molecule has 0 aromatic carbocycles. The van der Waals surface area contributed by atoms with Crippen molar-refractivity contribution in [2.45, 2.75) is 103 Å². The standard InChI is InChI=1S/C27H41FO2/c1-16-7-12-27(29-15-16)17(2)24-23(30-27)14-22-20-6-5-18-13-19(28)8-10-25(18,3)21(20)9-11-26(22,24)4/h16,18-24H,2,5-15H2,1,3-4H3/t16-,18?,19+,20-,21+,22+,23+,24+,25+,26+,27-/m1/s1. The number of ether oxygens (including phenoxy) is 2. The smallest absolute Gasteiger partial charge is 0.191 e. The van der Waals surface area contributed by atoms with Crippen molar-refractivity contribution in [2.24, 2.45) is 46.3 Å². The molecule has 0 aromatic heterocycles. The zero-order valence-electron chi connectivity index (χ0n) is 19.3. The predicted octanol–water partition coefficient (Wildman–Crippen LogP) is 6.69. The molecule has 2 saturated heterocycles. The fourth-order valence-electron chi connectivity index (χ4n) is 9.71. The summed E-state index contributed by atoms with van der Waals surface area (Å²) >= 11 is 0. The average Bonchev–Trinajstić information content (AvgIpc) is 3.16. The minimum Gasteiger partial charge on any atom is -0.346 e. The normalized spacial score (nSPS) is 60.1. The third-order valence-corrected chi connectivity index (χ3v) is 11.4. The van der Waals surface area contributed by atoms with Gasteiger partial charge in [0, 0.05) is 12.3 Å². The van der Waals surface area contributed by atoms with Crippen molar-refractivity contribution in [1.29, 1.82) is 0 Å². The average molecular weight is 417 g/mol. The number of alkyl halides is 1. The van der Waals surface area contributed by atoms with Gasteiger partial charge in [-0.15, -0.1) is 0 Å². The zero-order valence-corrected chi connectivity index (χ0v) is 19.3. The summed E-state index contributed by atoms with van der Waals surface area (Å²) in [7, 11) is 0. The maximum atomic E-state index is 14.2. The third kappa shape index (κ3) is 2.54. The van der Waals surface area contributed by atoms with Crippen LogP contribution in [0.15, 0.2) is 12.2 Å². The molecule has 0 amide bonds. The third-order valence-electron chi connectivity index (χ3n) is 11.4. The minimum absolute atomic E-state index is 0.298. The molecule has 2 aliphatic heterocycles. The topological polar surface area (TPSA) is 18.5 Å². The molecular weight excluding hydrogens is 375 g/mol. The summed E-state index contributed by atoms with van der Waals surface area (Å²) in [6.07, 6.45) is 11.0. The molecule has 4 saturated carbocycles. The highest BCUT2D eigenvalue weighted by molar-refractivity contribution is 5.28. The maximum Gasteiger partial charge on any atom is 0.191 e. The molecule has 2 nitrogen and oxygen atoms in total. The van der Waals surface area contributed by atoms with Gasteiger partial charge in [0.1, 0.15) is 6.17 Å². The van der Waals surface area contributed by atoms with Crippen molar-refractivity contribution in [3.63, 3.8) is 0 Å². The first-order valence-electron chi connectivity index (χ1n) is 12.9. The van der Waals surface area contributed by atoms with E-state index >= 15 is 0 Å². The molecule has 1 spiro atoms. The molecule has 0 radical (unpaired) electrons. The fourth-order valence-corrected chi connectivity index (χ4v) is 9.71. The van der Waals surface area contributed by atoms with E-state index in [-0.39, 0.29) is 0 Å². The number of hydrogen-bond donors (Lipinski definition) is 0. The second kappa shape index (κ2) is 6.56. The molecule has 4 aliphatic carbocycles. The molecule has 11 atom stereocenters. The van der Waals surface area contributed by atoms with Gasteiger partial charge in [-0.3, -0.25) is 0 Å². The Morgan fingerprint density at radius 1 is 0.933 bits per heavy atom. The molecular formula is C27H41FO2. The Morgan fingerprint density at radius 2 is 1.73 bits per heavy atom. The summed E-state index contributed by atoms with van der Waals surface area (Å²) in [4.78, 5) is 0. The lowest BCUT2D eigenvalue weighted by atomic mass is 9.44. The molecule has 3 heteroatoms. The summed E-state index contributed by atoms with van der Waals surface area (Å²) in [5.74, 6) is 3.53. The second-order valence-electron chi connectivity index (χ2n) is 12.7. The van der Waals surface area contributed by atoms with Crippen LogP contribution in [0.25, 0.3) is 0 Å². The summed E-state index contributed by atoms with van der Waals surface area (Å²) in [5.41, 5.74) is 1.94. The van der Waals surface area contributed by atoms with Gasteiger partial charge in [-0.1, -0.05) is 27.4 Å². The van der Waals surface area contributed by atoms with Crippen LogP contribution in [-0.2, 0) is 9.47 Å². The Balaban J connectivity index is 1.27. The summed E-state index contributed by atoms with van der Waals surface area (Å²) in [5, 5.41) is 0. The highest BCUT2D eigenvalue weighted by atomic mass is 19.1. The van der Waals surface area contributed by atoms with Gasteiger partial charge in [0.15, 0.2) is 5.79 Å². The van der Waals surface area contributed by atoms with Gasteiger partial charge in [0.05, 0.1) is 12.7 Å². The van der Waals surface area contributed by atoms with Gasteiger partial charge in [0.2, 0.25) is 0 Å². The highest BCUT2D eigenvalue weighted by Gasteiger charge is 2.68. The van der Waals surface area contributed by atoms with Crippen LogP contribution in [0.3, 0.4) is 0 Å². The predicted molar refractivity (Wildman–Crippen MR) is 117 cm³/mol. The van der Waals surface area contributed by atoms with Crippen molar-refractivity contribution in [1.82, 2.24) is 0 Å². The Hall–Kier alpha value is -0.410. The molecule has 0 bridgehead atoms. The van der Waals surface area contributed by atoms with Crippen LogP contribution in [0.4, 0.5) is 4.39 Å². The van der Waals surface area contributed by atoms with Crippen LogP contribution in [0.2, 0.25) is 0 Å². The van der Waals surface area contributed by atoms with E-state index in [2.05, 4.69) is 27.4 Å². The Kier molecular flexibility index (Phi) is 4.42. The van der Waals surface area contributed by atoms with Gasteiger partial charge in [0.25, 0.3) is 0 Å². The lowest BCUT2D eigenvalue weighted by molar-refractivity contribution is -0.237. The van der Waals surface area contributed by atoms with Crippen molar-refractivity contribution in [3.05, 3.63) is 12.2 Å². The second-order valence-corrected chi connectivity index (χ2v) is 12.7. The highest BCUT2D eigenvalue weighted by Crippen LogP contribution is 2.71. The van der Waals surface area contributed by atoms with Crippen molar-refractivity contribution < 1.29 is 13.9 Å². The van der Waals surface area contributed by atoms with E-state index in [9.17, 15) is 4.39 Å². The number of hydrogen-bond acceptors (Lipinski definition) is 2. The summed E-state index contributed by atoms with van der Waals surface area (Å²) in [6.45, 7) is 12.8. The first-order chi connectivity index (χ1) is 14.3. The number of fused-ring (bicyclic) bond motifs is 7. The van der Waals surface area contributed by atoms with Crippen LogP contribution >= 0.6 is 0 Å². The van der Waals surface area contributed by atoms with Gasteiger partial charge in [-0.05, 0) is 104 Å². The molecule has 30 heavy (non-hydrogen) atoms. The van der Waals surface area contributed by atoms with Gasteiger partial charge < -0.3 is 9.47 Å². The monoisotopic (exact) mass is 416 g/mol. The van der Waals surface area contributed by atoms with Crippen molar-refractivity contribution >= 4 is 0 Å². The SMILES string of the molecule is C=C1[C@H]2[C@H](C[C@H]3[C@@H]4CCC5C[C@@H](F)CC[C@]5(C)[C@H]4CC[C@@]32C)O[C@]12CC[C@@H](C)CO2. The van der Waals surface area contributed by atoms with Crippen LogP contribution in [0.1, 0.15) is 85.0 Å². The van der Waals surface area contributed by atoms with E-state index < -0.39 is 12.0 Å². The Labute approximate surface area is 182 Å². The molecule has 168 valence electrons. The van der Waals surface area contributed by atoms with Gasteiger partial charge in [-0.25, -0.2) is 4.39 Å². The lowest BCUT2D eigenvalue weighted by Crippen LogP contribution is -2.54. The van der Waals surface area contributed by atoms with E-state index in [1.807, 2.05) is 0 Å². The Bertz CT molecular complexity index is 726. The molecule has 0 N–H and O–H groups in total. The molecule has 0 aromatic rings. The maximum absolute atomic E-state index is 14.2. The van der Waals surface area contributed by atoms with E-state index in [1.54, 1.807) is 0 Å². The number of rotatable bonds is 0. The molecule has 2 heterocycles. The van der Waals surface area contributed by atoms with Crippen LogP contribution in [0, 0.1) is 46.3 Å². The number of halogens is 1. The van der Waals surface area contributed by atoms with Crippen molar-refractivity contribution in [3.8, 4) is 0 Å². The first-order valence-corrected chi connectivity index (χ1v) is 12.9. The van der Waals surface area contributed by atoms with Crippen LogP contribution in [-0.4, -0.2) is 24.7 Å². The van der Waals surface area contributed by atoms with Crippen LogP contribution in [0.5, 0.6) is 0 Å². The van der Waals surface area contributed by atoms with E-state index in [0.29, 0.717) is 34.7 Å². The molecule has 6 rings (SSSR count). The van der Waals surface area contributed by atoms with Gasteiger partial charge in [-0.2, -0.15) is 0 Å². The Morgan fingerprint density at radius 3 is 2.50 bits per heavy atom. The first kappa shape index (κ1) is 20.2. The van der Waals surface area contributed by atoms with E-state index in [4.69, 9.17) is 9.47 Å². The van der Waals surface area contributed by atoms with Gasteiger partial charge >= 0.3 is 0 Å². The quantitative estimate of drug-likeness (QED) is 0.410. The minimum atomic E-state index is -0.551. The molecule has 1 unspecified atom stereocenters. The molecule has 6 fully saturated rings. The largest absolute Gasteiger partial charge is 0.346 e. The fraction of sp³-hybridized carbons (Fsp3) is 0.926. The summed E-state index contributed by atoms with van der Waals surface area (Å²) < 4.78 is 27.3. The van der Waals surface area contributed by atoms with Crippen LogP contribution < -0.4 is 0 Å².